The van der Waals surface area contributed by atoms with Crippen LogP contribution in [0.1, 0.15) is 31.4 Å². The van der Waals surface area contributed by atoms with E-state index in [1.807, 2.05) is 6.92 Å². The van der Waals surface area contributed by atoms with E-state index in [-0.39, 0.29) is 42.0 Å². The number of nitrogens with one attached hydrogen (secondary N) is 1. The molecule has 2 rings (SSSR count). The van der Waals surface area contributed by atoms with Gasteiger partial charge in [-0.15, -0.1) is 24.0 Å². The molecule has 0 spiro atoms. The Labute approximate surface area is 160 Å². The first-order valence-electron chi connectivity index (χ1n) is 8.13. The Bertz CT molecular complexity index is 505. The minimum absolute atomic E-state index is 0. The molecule has 2 N–H and O–H groups in total. The normalized spacial score (nSPS) is 17.3. The summed E-state index contributed by atoms with van der Waals surface area (Å²) in [6.07, 6.45) is 1.10. The van der Waals surface area contributed by atoms with Gasteiger partial charge in [-0.3, -0.25) is 4.99 Å². The number of halogens is 2. The van der Waals surface area contributed by atoms with Gasteiger partial charge in [0.25, 0.3) is 0 Å². The third-order valence-electron chi connectivity index (χ3n) is 4.03. The standard InChI is InChI=1S/C17H26FN3O2.HI/c1-3-19-17(21-10-8-15(22)9-11-21)20-12-16(23-2)13-4-6-14(18)7-5-13;/h4-7,15-16,22H,3,8-12H2,1-2H3,(H,19,20);1H. The lowest BCUT2D eigenvalue weighted by Gasteiger charge is -2.32. The number of methoxy groups -OCH3 is 1. The molecule has 5 nitrogen and oxygen atoms in total. The molecular weight excluding hydrogens is 424 g/mol. The number of benzene rings is 1. The van der Waals surface area contributed by atoms with Crippen molar-refractivity contribution in [1.82, 2.24) is 10.2 Å². The van der Waals surface area contributed by atoms with Gasteiger partial charge in [-0.1, -0.05) is 12.1 Å². The van der Waals surface area contributed by atoms with Crippen LogP contribution < -0.4 is 5.32 Å². The zero-order valence-corrected chi connectivity index (χ0v) is 16.6. The molecule has 136 valence electrons. The fraction of sp³-hybridized carbons (Fsp3) is 0.588. The highest BCUT2D eigenvalue weighted by Crippen LogP contribution is 2.18. The van der Waals surface area contributed by atoms with Gasteiger partial charge in [0, 0.05) is 26.7 Å². The number of nitrogens with zero attached hydrogens (tertiary/aromatic N) is 2. The van der Waals surface area contributed by atoms with Gasteiger partial charge in [0.15, 0.2) is 5.96 Å². The second-order valence-electron chi connectivity index (χ2n) is 5.69. The van der Waals surface area contributed by atoms with E-state index in [1.165, 1.54) is 12.1 Å². The molecule has 0 amide bonds. The molecule has 1 aromatic rings. The van der Waals surface area contributed by atoms with E-state index in [4.69, 9.17) is 4.74 Å². The van der Waals surface area contributed by atoms with Crippen LogP contribution in [0.3, 0.4) is 0 Å². The van der Waals surface area contributed by atoms with Gasteiger partial charge in [0.05, 0.1) is 12.6 Å². The lowest BCUT2D eigenvalue weighted by molar-refractivity contribution is 0.104. The van der Waals surface area contributed by atoms with Gasteiger partial charge in [-0.05, 0) is 37.5 Å². The van der Waals surface area contributed by atoms with E-state index in [0.29, 0.717) is 6.54 Å². The molecule has 7 heteroatoms. The van der Waals surface area contributed by atoms with Gasteiger partial charge in [0.1, 0.15) is 11.9 Å². The van der Waals surface area contributed by atoms with Crippen LogP contribution in [0, 0.1) is 5.82 Å². The summed E-state index contributed by atoms with van der Waals surface area (Å²) >= 11 is 0. The third kappa shape index (κ3) is 6.18. The van der Waals surface area contributed by atoms with Crippen LogP contribution in [0.15, 0.2) is 29.3 Å². The maximum absolute atomic E-state index is 13.0. The van der Waals surface area contributed by atoms with E-state index >= 15 is 0 Å². The van der Waals surface area contributed by atoms with Crippen molar-refractivity contribution in [2.75, 3.05) is 33.3 Å². The highest BCUT2D eigenvalue weighted by Gasteiger charge is 2.20. The first-order chi connectivity index (χ1) is 11.1. The Morgan fingerprint density at radius 3 is 2.54 bits per heavy atom. The molecule has 0 aromatic heterocycles. The van der Waals surface area contributed by atoms with Crippen molar-refractivity contribution in [3.63, 3.8) is 0 Å². The average molecular weight is 451 g/mol. The Morgan fingerprint density at radius 1 is 1.38 bits per heavy atom. The first kappa shape index (κ1) is 21.1. The van der Waals surface area contributed by atoms with Crippen molar-refractivity contribution in [3.05, 3.63) is 35.6 Å². The van der Waals surface area contributed by atoms with Crippen LogP contribution in [0.4, 0.5) is 4.39 Å². The number of ether oxygens (including phenoxy) is 1. The zero-order chi connectivity index (χ0) is 16.7. The van der Waals surface area contributed by atoms with Crippen LogP contribution >= 0.6 is 24.0 Å². The van der Waals surface area contributed by atoms with Crippen molar-refractivity contribution in [2.24, 2.45) is 4.99 Å². The molecule has 1 heterocycles. The third-order valence-corrected chi connectivity index (χ3v) is 4.03. The van der Waals surface area contributed by atoms with Crippen LogP contribution in [-0.2, 0) is 4.74 Å². The van der Waals surface area contributed by atoms with Crippen LogP contribution in [0.25, 0.3) is 0 Å². The van der Waals surface area contributed by atoms with Gasteiger partial charge in [-0.2, -0.15) is 0 Å². The monoisotopic (exact) mass is 451 g/mol. The largest absolute Gasteiger partial charge is 0.393 e. The molecule has 0 radical (unpaired) electrons. The lowest BCUT2D eigenvalue weighted by atomic mass is 10.1. The molecule has 1 saturated heterocycles. The van der Waals surface area contributed by atoms with Crippen molar-refractivity contribution in [1.29, 1.82) is 0 Å². The molecular formula is C17H27FIN3O2. The number of aliphatic hydroxyl groups is 1. The molecule has 0 saturated carbocycles. The van der Waals surface area contributed by atoms with Crippen molar-refractivity contribution in [2.45, 2.75) is 32.0 Å². The number of aliphatic hydroxyl groups excluding tert-OH is 1. The molecule has 0 bridgehead atoms. The van der Waals surface area contributed by atoms with E-state index in [1.54, 1.807) is 19.2 Å². The van der Waals surface area contributed by atoms with Crippen LogP contribution in [0.5, 0.6) is 0 Å². The molecule has 1 aliphatic rings. The summed E-state index contributed by atoms with van der Waals surface area (Å²) in [5.74, 6) is 0.580. The number of piperidine rings is 1. The number of hydrogen-bond acceptors (Lipinski definition) is 3. The van der Waals surface area contributed by atoms with E-state index in [0.717, 1.165) is 44.0 Å². The highest BCUT2D eigenvalue weighted by atomic mass is 127. The Kier molecular flexibility index (Phi) is 9.53. The number of hydrogen-bond donors (Lipinski definition) is 2. The summed E-state index contributed by atoms with van der Waals surface area (Å²) in [4.78, 5) is 6.82. The minimum atomic E-state index is -0.257. The maximum Gasteiger partial charge on any atom is 0.194 e. The topological polar surface area (TPSA) is 57.1 Å². The van der Waals surface area contributed by atoms with Gasteiger partial charge in [0.2, 0.25) is 0 Å². The average Bonchev–Trinajstić information content (AvgIpc) is 2.56. The highest BCUT2D eigenvalue weighted by molar-refractivity contribution is 14.0. The van der Waals surface area contributed by atoms with E-state index in [9.17, 15) is 9.50 Å². The maximum atomic E-state index is 13.0. The smallest absolute Gasteiger partial charge is 0.194 e. The van der Waals surface area contributed by atoms with Crippen molar-refractivity contribution >= 4 is 29.9 Å². The molecule has 1 aromatic carbocycles. The second kappa shape index (κ2) is 10.8. The van der Waals surface area contributed by atoms with Gasteiger partial charge >= 0.3 is 0 Å². The summed E-state index contributed by atoms with van der Waals surface area (Å²) in [6.45, 7) is 4.86. The minimum Gasteiger partial charge on any atom is -0.393 e. The molecule has 1 aliphatic heterocycles. The molecule has 24 heavy (non-hydrogen) atoms. The van der Waals surface area contributed by atoms with Crippen LogP contribution in [-0.4, -0.2) is 55.4 Å². The Morgan fingerprint density at radius 2 is 2.00 bits per heavy atom. The predicted molar refractivity (Wildman–Crippen MR) is 104 cm³/mol. The van der Waals surface area contributed by atoms with Crippen molar-refractivity contribution < 1.29 is 14.2 Å². The lowest BCUT2D eigenvalue weighted by Crippen LogP contribution is -2.46. The van der Waals surface area contributed by atoms with E-state index in [2.05, 4.69) is 15.2 Å². The van der Waals surface area contributed by atoms with E-state index < -0.39 is 0 Å². The quantitative estimate of drug-likeness (QED) is 0.411. The summed E-state index contributed by atoms with van der Waals surface area (Å²) in [6, 6.07) is 6.32. The molecule has 1 fully saturated rings. The second-order valence-corrected chi connectivity index (χ2v) is 5.69. The van der Waals surface area contributed by atoms with Gasteiger partial charge in [-0.25, -0.2) is 4.39 Å². The summed E-state index contributed by atoms with van der Waals surface area (Å²) in [5, 5.41) is 12.9. The first-order valence-corrected chi connectivity index (χ1v) is 8.13. The summed E-state index contributed by atoms with van der Waals surface area (Å²) in [7, 11) is 1.63. The molecule has 1 unspecified atom stereocenters. The SMILES string of the molecule is CCNC(=NCC(OC)c1ccc(F)cc1)N1CCC(O)CC1.I. The number of aliphatic imine (C=N–C) groups is 1. The van der Waals surface area contributed by atoms with Crippen molar-refractivity contribution in [3.8, 4) is 0 Å². The predicted octanol–water partition coefficient (Wildman–Crippen LogP) is 2.55. The fourth-order valence-electron chi connectivity index (χ4n) is 2.67. The Balaban J connectivity index is 0.00000288. The zero-order valence-electron chi connectivity index (χ0n) is 14.2. The van der Waals surface area contributed by atoms with Gasteiger partial charge < -0.3 is 20.1 Å². The number of likely N-dealkylation sites (tertiary alicyclic amines) is 1. The number of rotatable bonds is 5. The fourth-order valence-corrected chi connectivity index (χ4v) is 2.67. The summed E-state index contributed by atoms with van der Waals surface area (Å²) in [5.41, 5.74) is 0.905. The molecule has 0 aliphatic carbocycles. The number of guanidine groups is 1. The Hall–Kier alpha value is -0.930. The molecule has 1 atom stereocenters. The van der Waals surface area contributed by atoms with Crippen LogP contribution in [0.2, 0.25) is 0 Å². The summed E-state index contributed by atoms with van der Waals surface area (Å²) < 4.78 is 18.5.